The monoisotopic (exact) mass is 474 g/mol. The number of fused-ring (bicyclic) bond motifs is 1. The molecule has 1 aliphatic heterocycles. The number of hydrogen-bond acceptors (Lipinski definition) is 5. The number of aryl methyl sites for hydroxylation is 3. The average Bonchev–Trinajstić information content (AvgIpc) is 3.50. The maximum Gasteiger partial charge on any atom is 0.274 e. The number of rotatable bonds is 4. The van der Waals surface area contributed by atoms with Crippen LogP contribution in [0.2, 0.25) is 0 Å². The van der Waals surface area contributed by atoms with Crippen molar-refractivity contribution in [2.45, 2.75) is 38.1 Å². The summed E-state index contributed by atoms with van der Waals surface area (Å²) in [6, 6.07) is 12.3. The van der Waals surface area contributed by atoms with Gasteiger partial charge in [0.1, 0.15) is 11.5 Å². The number of H-pyrrole nitrogens is 1. The second kappa shape index (κ2) is 8.47. The molecule has 1 fully saturated rings. The van der Waals surface area contributed by atoms with E-state index in [0.717, 1.165) is 37.9 Å². The Hall–Kier alpha value is -2.90. The quantitative estimate of drug-likeness (QED) is 0.272. The van der Waals surface area contributed by atoms with E-state index in [2.05, 4.69) is 67.0 Å². The van der Waals surface area contributed by atoms with Gasteiger partial charge in [0.15, 0.2) is 0 Å². The van der Waals surface area contributed by atoms with Crippen LogP contribution in [-0.4, -0.2) is 38.6 Å². The Morgan fingerprint density at radius 1 is 1.15 bits per heavy atom. The molecule has 1 N–H and O–H groups in total. The van der Waals surface area contributed by atoms with E-state index < -0.39 is 0 Å². The number of amides is 1. The minimum atomic E-state index is -0.176. The summed E-state index contributed by atoms with van der Waals surface area (Å²) in [4.78, 5) is 30.7. The second-order valence-corrected chi connectivity index (χ2v) is 10.7. The van der Waals surface area contributed by atoms with Crippen LogP contribution in [0.25, 0.3) is 21.5 Å². The van der Waals surface area contributed by atoms with Crippen LogP contribution in [0.1, 0.15) is 44.9 Å². The molecule has 1 aliphatic rings. The van der Waals surface area contributed by atoms with E-state index in [1.807, 2.05) is 17.9 Å². The first-order valence-corrected chi connectivity index (χ1v) is 12.9. The van der Waals surface area contributed by atoms with E-state index in [9.17, 15) is 4.79 Å². The van der Waals surface area contributed by atoms with Crippen molar-refractivity contribution in [2.75, 3.05) is 12.8 Å². The van der Waals surface area contributed by atoms with Crippen LogP contribution in [0.3, 0.4) is 0 Å². The number of aromatic amines is 1. The van der Waals surface area contributed by atoms with Crippen molar-refractivity contribution < 1.29 is 4.79 Å². The van der Waals surface area contributed by atoms with E-state index in [-0.39, 0.29) is 11.9 Å². The second-order valence-electron chi connectivity index (χ2n) is 8.62. The van der Waals surface area contributed by atoms with Gasteiger partial charge in [-0.1, -0.05) is 30.4 Å². The predicted molar refractivity (Wildman–Crippen MR) is 137 cm³/mol. The Morgan fingerprint density at radius 3 is 2.73 bits per heavy atom. The zero-order valence-electron chi connectivity index (χ0n) is 19.2. The molecular weight excluding hydrogens is 448 g/mol. The third kappa shape index (κ3) is 4.00. The van der Waals surface area contributed by atoms with Crippen molar-refractivity contribution in [3.8, 4) is 10.4 Å². The van der Waals surface area contributed by atoms with Crippen LogP contribution in [0.5, 0.6) is 0 Å². The van der Waals surface area contributed by atoms with Crippen molar-refractivity contribution in [1.82, 2.24) is 19.9 Å². The molecule has 4 aromatic rings. The fourth-order valence-electron chi connectivity index (χ4n) is 4.34. The molecular formula is C26H26N4OS2. The normalized spacial score (nSPS) is 16.2. The van der Waals surface area contributed by atoms with Gasteiger partial charge >= 0.3 is 0 Å². The molecule has 33 heavy (non-hydrogen) atoms. The highest BCUT2D eigenvalue weighted by Crippen LogP contribution is 2.38. The Kier molecular flexibility index (Phi) is 5.62. The molecule has 1 saturated heterocycles. The van der Waals surface area contributed by atoms with Gasteiger partial charge in [-0.2, -0.15) is 0 Å². The van der Waals surface area contributed by atoms with Crippen LogP contribution in [0.15, 0.2) is 53.4 Å². The molecule has 168 valence electrons. The molecule has 0 radical (unpaired) electrons. The maximum atomic E-state index is 13.8. The summed E-state index contributed by atoms with van der Waals surface area (Å²) < 4.78 is 0. The van der Waals surface area contributed by atoms with E-state index in [1.54, 1.807) is 23.1 Å². The van der Waals surface area contributed by atoms with Gasteiger partial charge < -0.3 is 9.88 Å². The van der Waals surface area contributed by atoms with Crippen LogP contribution in [0.4, 0.5) is 0 Å². The number of thioether (sulfide) groups is 1. The summed E-state index contributed by atoms with van der Waals surface area (Å²) in [6.07, 6.45) is 2.76. The number of aromatic nitrogens is 3. The summed E-state index contributed by atoms with van der Waals surface area (Å²) in [5.41, 5.74) is 6.92. The predicted octanol–water partition coefficient (Wildman–Crippen LogP) is 6.48. The number of benzene rings is 2. The first-order chi connectivity index (χ1) is 15.8. The molecule has 5 nitrogen and oxygen atoms in total. The minimum absolute atomic E-state index is 0.0681. The van der Waals surface area contributed by atoms with Gasteiger partial charge in [0.25, 0.3) is 5.91 Å². The number of imidazole rings is 1. The third-order valence-electron chi connectivity index (χ3n) is 6.24. The summed E-state index contributed by atoms with van der Waals surface area (Å²) in [7, 11) is 0. The number of carbonyl (C=O) groups excluding carboxylic acids is 1. The SMILES string of the molecule is C=C1CC(c2nc3ccc(SC)cc3[nH]2)N(C(=O)c2nc(C)sc2-c2ccc(C)c(C)c2)C1. The molecule has 7 heteroatoms. The maximum absolute atomic E-state index is 13.8. The van der Waals surface area contributed by atoms with Gasteiger partial charge in [-0.25, -0.2) is 9.97 Å². The fraction of sp³-hybridized carbons (Fsp3) is 0.269. The molecule has 2 aromatic heterocycles. The van der Waals surface area contributed by atoms with E-state index in [1.165, 1.54) is 16.0 Å². The fourth-order valence-corrected chi connectivity index (χ4v) is 5.68. The van der Waals surface area contributed by atoms with Gasteiger partial charge in [0, 0.05) is 11.4 Å². The van der Waals surface area contributed by atoms with Crippen LogP contribution < -0.4 is 0 Å². The average molecular weight is 475 g/mol. The lowest BCUT2D eigenvalue weighted by Gasteiger charge is -2.22. The molecule has 1 atom stereocenters. The molecule has 2 aromatic carbocycles. The lowest BCUT2D eigenvalue weighted by Crippen LogP contribution is -2.31. The van der Waals surface area contributed by atoms with Crippen molar-refractivity contribution in [1.29, 1.82) is 0 Å². The van der Waals surface area contributed by atoms with E-state index in [0.29, 0.717) is 18.7 Å². The first-order valence-electron chi connectivity index (χ1n) is 10.9. The van der Waals surface area contributed by atoms with Crippen molar-refractivity contribution >= 4 is 40.0 Å². The first kappa shape index (κ1) is 21.9. The summed E-state index contributed by atoms with van der Waals surface area (Å²) in [5.74, 6) is 0.733. The number of nitrogens with zero attached hydrogens (tertiary/aromatic N) is 3. The number of carbonyl (C=O) groups is 1. The van der Waals surface area contributed by atoms with Gasteiger partial charge in [-0.3, -0.25) is 4.79 Å². The molecule has 0 spiro atoms. The molecule has 1 unspecified atom stereocenters. The zero-order chi connectivity index (χ0) is 23.3. The summed E-state index contributed by atoms with van der Waals surface area (Å²) in [5, 5.41) is 0.884. The highest BCUT2D eigenvalue weighted by molar-refractivity contribution is 7.98. The third-order valence-corrected chi connectivity index (χ3v) is 7.99. The van der Waals surface area contributed by atoms with E-state index in [4.69, 9.17) is 4.98 Å². The Bertz CT molecular complexity index is 1400. The summed E-state index contributed by atoms with van der Waals surface area (Å²) >= 11 is 3.27. The van der Waals surface area contributed by atoms with Crippen LogP contribution >= 0.6 is 23.1 Å². The topological polar surface area (TPSA) is 61.9 Å². The Balaban J connectivity index is 1.53. The lowest BCUT2D eigenvalue weighted by atomic mass is 10.0. The van der Waals surface area contributed by atoms with Gasteiger partial charge in [0.2, 0.25) is 0 Å². The van der Waals surface area contributed by atoms with Crippen molar-refractivity contribution in [2.24, 2.45) is 0 Å². The summed E-state index contributed by atoms with van der Waals surface area (Å²) in [6.45, 7) is 10.8. The number of thiazole rings is 1. The molecule has 0 saturated carbocycles. The zero-order valence-corrected chi connectivity index (χ0v) is 20.9. The molecule has 0 bridgehead atoms. The Labute approximate surface area is 202 Å². The number of nitrogens with one attached hydrogen (secondary N) is 1. The largest absolute Gasteiger partial charge is 0.340 e. The highest BCUT2D eigenvalue weighted by Gasteiger charge is 2.36. The smallest absolute Gasteiger partial charge is 0.274 e. The van der Waals surface area contributed by atoms with E-state index >= 15 is 0 Å². The van der Waals surface area contributed by atoms with Crippen LogP contribution in [0, 0.1) is 20.8 Å². The molecule has 1 amide bonds. The van der Waals surface area contributed by atoms with Gasteiger partial charge in [0.05, 0.1) is 27.0 Å². The Morgan fingerprint density at radius 2 is 1.97 bits per heavy atom. The lowest BCUT2D eigenvalue weighted by molar-refractivity contribution is 0.0728. The van der Waals surface area contributed by atoms with Crippen molar-refractivity contribution in [3.63, 3.8) is 0 Å². The standard InChI is InChI=1S/C26H26N4OS2/c1-14-10-22(25-28-20-9-8-19(32-5)12-21(20)29-25)30(13-14)26(31)23-24(33-17(4)27-23)18-7-6-15(2)16(3)11-18/h6-9,11-12,22H,1,10,13H2,2-5H3,(H,28,29). The minimum Gasteiger partial charge on any atom is -0.340 e. The van der Waals surface area contributed by atoms with Crippen LogP contribution in [-0.2, 0) is 0 Å². The highest BCUT2D eigenvalue weighted by atomic mass is 32.2. The van der Waals surface area contributed by atoms with Gasteiger partial charge in [-0.05, 0) is 68.3 Å². The number of hydrogen-bond donors (Lipinski definition) is 1. The van der Waals surface area contributed by atoms with Gasteiger partial charge in [-0.15, -0.1) is 23.1 Å². The molecule has 3 heterocycles. The molecule has 0 aliphatic carbocycles. The van der Waals surface area contributed by atoms with Crippen molar-refractivity contribution in [3.05, 3.63) is 76.2 Å². The number of likely N-dealkylation sites (tertiary alicyclic amines) is 1. The molecule has 5 rings (SSSR count).